The van der Waals surface area contributed by atoms with Gasteiger partial charge in [0.25, 0.3) is 0 Å². The monoisotopic (exact) mass is 211 g/mol. The molecular weight excluding hydrogens is 190 g/mol. The summed E-state index contributed by atoms with van der Waals surface area (Å²) in [4.78, 5) is 3.02. The van der Waals surface area contributed by atoms with Gasteiger partial charge in [-0.15, -0.1) is 11.3 Å². The Hall–Kier alpha value is -0.340. The molecule has 0 amide bonds. The minimum Gasteiger partial charge on any atom is -0.316 e. The van der Waals surface area contributed by atoms with Crippen molar-refractivity contribution in [3.8, 4) is 0 Å². The molecular formula is C12H21NS. The van der Waals surface area contributed by atoms with Crippen molar-refractivity contribution in [2.75, 3.05) is 13.1 Å². The molecule has 0 aliphatic heterocycles. The normalized spacial score (nSPS) is 11.1. The Morgan fingerprint density at radius 1 is 1.29 bits per heavy atom. The molecule has 1 aromatic rings. The molecule has 1 rings (SSSR count). The van der Waals surface area contributed by atoms with E-state index in [1.807, 2.05) is 11.3 Å². The zero-order valence-electron chi connectivity index (χ0n) is 9.47. The van der Waals surface area contributed by atoms with Gasteiger partial charge in [-0.2, -0.15) is 0 Å². The molecule has 0 aromatic carbocycles. The number of hydrogen-bond donors (Lipinski definition) is 1. The number of nitrogens with one attached hydrogen (secondary N) is 1. The van der Waals surface area contributed by atoms with Crippen LogP contribution < -0.4 is 5.32 Å². The van der Waals surface area contributed by atoms with Crippen LogP contribution >= 0.6 is 11.3 Å². The Kier molecular flexibility index (Phi) is 5.20. The molecule has 0 aliphatic rings. The van der Waals surface area contributed by atoms with Gasteiger partial charge in [0.15, 0.2) is 0 Å². The molecule has 0 aliphatic carbocycles. The summed E-state index contributed by atoms with van der Waals surface area (Å²) >= 11 is 1.95. The molecule has 0 radical (unpaired) electrons. The molecule has 0 spiro atoms. The number of hydrogen-bond acceptors (Lipinski definition) is 2. The molecule has 0 unspecified atom stereocenters. The second kappa shape index (κ2) is 6.20. The van der Waals surface area contributed by atoms with E-state index in [4.69, 9.17) is 0 Å². The zero-order chi connectivity index (χ0) is 10.4. The quantitative estimate of drug-likeness (QED) is 0.713. The number of thiophene rings is 1. The zero-order valence-corrected chi connectivity index (χ0v) is 10.3. The van der Waals surface area contributed by atoms with E-state index in [1.165, 1.54) is 22.6 Å². The highest BCUT2D eigenvalue weighted by Crippen LogP contribution is 2.16. The number of aryl methyl sites for hydroxylation is 1. The highest BCUT2D eigenvalue weighted by molar-refractivity contribution is 7.11. The summed E-state index contributed by atoms with van der Waals surface area (Å²) < 4.78 is 0. The van der Waals surface area contributed by atoms with Gasteiger partial charge in [0.05, 0.1) is 0 Å². The molecule has 0 saturated carbocycles. The van der Waals surface area contributed by atoms with Crippen molar-refractivity contribution in [1.82, 2.24) is 5.32 Å². The summed E-state index contributed by atoms with van der Waals surface area (Å²) in [5.74, 6) is 0.754. The van der Waals surface area contributed by atoms with Crippen molar-refractivity contribution >= 4 is 11.3 Å². The van der Waals surface area contributed by atoms with Gasteiger partial charge in [-0.1, -0.05) is 20.8 Å². The SMILES string of the molecule is CCc1ccc(CCNCC(C)C)s1. The predicted molar refractivity (Wildman–Crippen MR) is 65.1 cm³/mol. The van der Waals surface area contributed by atoms with Crippen LogP contribution in [-0.4, -0.2) is 13.1 Å². The summed E-state index contributed by atoms with van der Waals surface area (Å²) in [6.07, 6.45) is 2.35. The van der Waals surface area contributed by atoms with Crippen molar-refractivity contribution in [3.63, 3.8) is 0 Å². The fourth-order valence-corrected chi connectivity index (χ4v) is 2.31. The Balaban J connectivity index is 2.18. The van der Waals surface area contributed by atoms with Gasteiger partial charge < -0.3 is 5.32 Å². The van der Waals surface area contributed by atoms with Crippen molar-refractivity contribution in [3.05, 3.63) is 21.9 Å². The summed E-state index contributed by atoms with van der Waals surface area (Å²) in [5, 5.41) is 3.47. The minimum atomic E-state index is 0.754. The molecule has 0 atom stereocenters. The van der Waals surface area contributed by atoms with Gasteiger partial charge >= 0.3 is 0 Å². The standard InChI is InChI=1S/C12H21NS/c1-4-11-5-6-12(14-11)7-8-13-9-10(2)3/h5-6,10,13H,4,7-9H2,1-3H3. The molecule has 14 heavy (non-hydrogen) atoms. The van der Waals surface area contributed by atoms with Crippen LogP contribution in [0.2, 0.25) is 0 Å². The van der Waals surface area contributed by atoms with E-state index in [0.717, 1.165) is 19.0 Å². The highest BCUT2D eigenvalue weighted by atomic mass is 32.1. The number of rotatable bonds is 6. The van der Waals surface area contributed by atoms with Gasteiger partial charge in [-0.05, 0) is 44.0 Å². The average molecular weight is 211 g/mol. The van der Waals surface area contributed by atoms with Gasteiger partial charge in [-0.25, -0.2) is 0 Å². The van der Waals surface area contributed by atoms with Crippen LogP contribution in [0.5, 0.6) is 0 Å². The van der Waals surface area contributed by atoms with Crippen molar-refractivity contribution in [1.29, 1.82) is 0 Å². The lowest BCUT2D eigenvalue weighted by atomic mass is 10.2. The van der Waals surface area contributed by atoms with Crippen molar-refractivity contribution in [2.24, 2.45) is 5.92 Å². The van der Waals surface area contributed by atoms with Crippen molar-refractivity contribution < 1.29 is 0 Å². The molecule has 1 nitrogen and oxygen atoms in total. The lowest BCUT2D eigenvalue weighted by molar-refractivity contribution is 0.555. The van der Waals surface area contributed by atoms with E-state index in [2.05, 4.69) is 38.2 Å². The molecule has 2 heteroatoms. The molecule has 1 N–H and O–H groups in total. The molecule has 80 valence electrons. The van der Waals surface area contributed by atoms with E-state index >= 15 is 0 Å². The largest absolute Gasteiger partial charge is 0.316 e. The second-order valence-electron chi connectivity index (χ2n) is 4.07. The van der Waals surface area contributed by atoms with Gasteiger partial charge in [0.1, 0.15) is 0 Å². The van der Waals surface area contributed by atoms with Crippen LogP contribution in [0.15, 0.2) is 12.1 Å². The lowest BCUT2D eigenvalue weighted by Gasteiger charge is -2.05. The highest BCUT2D eigenvalue weighted by Gasteiger charge is 1.98. The van der Waals surface area contributed by atoms with Crippen LogP contribution in [0.4, 0.5) is 0 Å². The van der Waals surface area contributed by atoms with Crippen molar-refractivity contribution in [2.45, 2.75) is 33.6 Å². The maximum Gasteiger partial charge on any atom is 0.00608 e. The first-order chi connectivity index (χ1) is 6.72. The Labute approximate surface area is 91.5 Å². The third-order valence-corrected chi connectivity index (χ3v) is 3.46. The molecule has 1 aromatic heterocycles. The second-order valence-corrected chi connectivity index (χ2v) is 5.32. The first-order valence-electron chi connectivity index (χ1n) is 5.50. The topological polar surface area (TPSA) is 12.0 Å². The van der Waals surface area contributed by atoms with E-state index < -0.39 is 0 Å². The molecule has 0 saturated heterocycles. The first kappa shape index (κ1) is 11.7. The average Bonchev–Trinajstić information content (AvgIpc) is 2.60. The Bertz CT molecular complexity index is 253. The van der Waals surface area contributed by atoms with Gasteiger partial charge in [0.2, 0.25) is 0 Å². The van der Waals surface area contributed by atoms with Gasteiger partial charge in [0, 0.05) is 9.75 Å². The Morgan fingerprint density at radius 3 is 2.57 bits per heavy atom. The minimum absolute atomic E-state index is 0.754. The fraction of sp³-hybridized carbons (Fsp3) is 0.667. The van der Waals surface area contributed by atoms with E-state index in [1.54, 1.807) is 0 Å². The summed E-state index contributed by atoms with van der Waals surface area (Å²) in [7, 11) is 0. The maximum atomic E-state index is 3.47. The molecule has 0 bridgehead atoms. The molecule has 0 fully saturated rings. The third kappa shape index (κ3) is 4.25. The lowest BCUT2D eigenvalue weighted by Crippen LogP contribution is -2.21. The van der Waals surface area contributed by atoms with E-state index in [9.17, 15) is 0 Å². The van der Waals surface area contributed by atoms with Gasteiger partial charge in [-0.3, -0.25) is 0 Å². The van der Waals surface area contributed by atoms with Crippen LogP contribution in [0, 0.1) is 5.92 Å². The first-order valence-corrected chi connectivity index (χ1v) is 6.32. The maximum absolute atomic E-state index is 3.47. The Morgan fingerprint density at radius 2 is 2.00 bits per heavy atom. The van der Waals surface area contributed by atoms with E-state index in [0.29, 0.717) is 0 Å². The summed E-state index contributed by atoms with van der Waals surface area (Å²) in [6, 6.07) is 4.52. The predicted octanol–water partition coefficient (Wildman–Crippen LogP) is 3.10. The smallest absolute Gasteiger partial charge is 0.00608 e. The summed E-state index contributed by atoms with van der Waals surface area (Å²) in [5.41, 5.74) is 0. The van der Waals surface area contributed by atoms with Crippen LogP contribution in [0.1, 0.15) is 30.5 Å². The summed E-state index contributed by atoms with van der Waals surface area (Å²) in [6.45, 7) is 8.95. The van der Waals surface area contributed by atoms with Crippen LogP contribution in [0.25, 0.3) is 0 Å². The van der Waals surface area contributed by atoms with Crippen LogP contribution in [0.3, 0.4) is 0 Å². The molecule has 1 heterocycles. The van der Waals surface area contributed by atoms with E-state index in [-0.39, 0.29) is 0 Å². The third-order valence-electron chi connectivity index (χ3n) is 2.17. The van der Waals surface area contributed by atoms with Crippen LogP contribution in [-0.2, 0) is 12.8 Å². The fourth-order valence-electron chi connectivity index (χ4n) is 1.35.